The third kappa shape index (κ3) is 3.86. The molecule has 1 aliphatic rings. The first kappa shape index (κ1) is 18.2. The lowest BCUT2D eigenvalue weighted by Crippen LogP contribution is -2.41. The van der Waals surface area contributed by atoms with Gasteiger partial charge in [0.15, 0.2) is 0 Å². The van der Waals surface area contributed by atoms with Gasteiger partial charge in [-0.1, -0.05) is 24.3 Å². The maximum Gasteiger partial charge on any atom is 0.494 e. The zero-order valence-electron chi connectivity index (χ0n) is 14.7. The number of nitriles is 1. The summed E-state index contributed by atoms with van der Waals surface area (Å²) < 4.78 is 12.1. The SMILES string of the molecule is CC1(C)OB(c2ccc(C(C=NCCC#N)=CN)cc2)OC1(C)C. The molecular weight excluding hydrogens is 301 g/mol. The number of benzene rings is 1. The fourth-order valence-electron chi connectivity index (χ4n) is 2.30. The van der Waals surface area contributed by atoms with Crippen LogP contribution in [0, 0.1) is 11.3 Å². The molecule has 1 heterocycles. The highest BCUT2D eigenvalue weighted by molar-refractivity contribution is 6.62. The minimum atomic E-state index is -0.376. The van der Waals surface area contributed by atoms with Gasteiger partial charge < -0.3 is 15.0 Å². The minimum absolute atomic E-state index is 0.355. The Morgan fingerprint density at radius 3 is 2.29 bits per heavy atom. The Hall–Kier alpha value is -2.10. The number of hydrogen-bond donors (Lipinski definition) is 1. The van der Waals surface area contributed by atoms with Crippen molar-refractivity contribution in [2.45, 2.75) is 45.3 Å². The maximum atomic E-state index is 8.53. The van der Waals surface area contributed by atoms with E-state index in [9.17, 15) is 0 Å². The first-order valence-corrected chi connectivity index (χ1v) is 8.05. The number of allylic oxidation sites excluding steroid dienone is 1. The first-order valence-electron chi connectivity index (χ1n) is 8.05. The van der Waals surface area contributed by atoms with Crippen LogP contribution >= 0.6 is 0 Å². The Kier molecular flexibility index (Phi) is 5.48. The molecule has 5 nitrogen and oxygen atoms in total. The fourth-order valence-corrected chi connectivity index (χ4v) is 2.30. The van der Waals surface area contributed by atoms with Crippen molar-refractivity contribution in [1.82, 2.24) is 0 Å². The van der Waals surface area contributed by atoms with Gasteiger partial charge in [-0.25, -0.2) is 0 Å². The Morgan fingerprint density at radius 2 is 1.79 bits per heavy atom. The van der Waals surface area contributed by atoms with E-state index in [0.717, 1.165) is 16.6 Å². The average molecular weight is 325 g/mol. The number of hydrogen-bond acceptors (Lipinski definition) is 5. The third-order valence-corrected chi connectivity index (χ3v) is 4.53. The Morgan fingerprint density at radius 1 is 1.21 bits per heavy atom. The lowest BCUT2D eigenvalue weighted by atomic mass is 9.78. The summed E-state index contributed by atoms with van der Waals surface area (Å²) in [7, 11) is -0.376. The summed E-state index contributed by atoms with van der Waals surface area (Å²) in [4.78, 5) is 4.20. The van der Waals surface area contributed by atoms with Gasteiger partial charge in [0.05, 0.1) is 30.2 Å². The summed E-state index contributed by atoms with van der Waals surface area (Å²) in [6.45, 7) is 8.62. The number of nitrogens with zero attached hydrogens (tertiary/aromatic N) is 2. The van der Waals surface area contributed by atoms with E-state index in [-0.39, 0.29) is 18.3 Å². The molecule has 126 valence electrons. The van der Waals surface area contributed by atoms with Gasteiger partial charge in [0, 0.05) is 18.0 Å². The molecule has 0 unspecified atom stereocenters. The van der Waals surface area contributed by atoms with Crippen LogP contribution in [0.1, 0.15) is 39.7 Å². The van der Waals surface area contributed by atoms with E-state index in [2.05, 4.69) is 11.1 Å². The minimum Gasteiger partial charge on any atom is -0.404 e. The first-order chi connectivity index (χ1) is 11.3. The number of nitrogens with two attached hydrogens (primary N) is 1. The summed E-state index contributed by atoms with van der Waals surface area (Å²) in [5, 5.41) is 8.53. The van der Waals surface area contributed by atoms with Gasteiger partial charge in [-0.2, -0.15) is 5.26 Å². The second-order valence-electron chi connectivity index (χ2n) is 6.78. The van der Waals surface area contributed by atoms with Crippen LogP contribution in [-0.4, -0.2) is 31.1 Å². The van der Waals surface area contributed by atoms with Gasteiger partial charge in [0.2, 0.25) is 0 Å². The molecule has 0 aromatic heterocycles. The van der Waals surface area contributed by atoms with Crippen LogP contribution in [0.2, 0.25) is 0 Å². The Bertz CT molecular complexity index is 656. The topological polar surface area (TPSA) is 80.6 Å². The summed E-state index contributed by atoms with van der Waals surface area (Å²) in [6.07, 6.45) is 3.61. The van der Waals surface area contributed by atoms with Crippen molar-refractivity contribution < 1.29 is 9.31 Å². The smallest absolute Gasteiger partial charge is 0.404 e. The molecule has 0 spiro atoms. The van der Waals surface area contributed by atoms with Crippen LogP contribution in [0.5, 0.6) is 0 Å². The summed E-state index contributed by atoms with van der Waals surface area (Å²) >= 11 is 0. The number of rotatable bonds is 5. The highest BCUT2D eigenvalue weighted by atomic mass is 16.7. The normalized spacial score (nSPS) is 19.6. The van der Waals surface area contributed by atoms with Gasteiger partial charge >= 0.3 is 7.12 Å². The summed E-state index contributed by atoms with van der Waals surface area (Å²) in [6, 6.07) is 9.95. The molecule has 2 N–H and O–H groups in total. The van der Waals surface area contributed by atoms with Crippen molar-refractivity contribution in [2.24, 2.45) is 10.7 Å². The molecule has 24 heavy (non-hydrogen) atoms. The largest absolute Gasteiger partial charge is 0.494 e. The molecule has 1 aromatic carbocycles. The average Bonchev–Trinajstić information content (AvgIpc) is 2.76. The maximum absolute atomic E-state index is 8.53. The monoisotopic (exact) mass is 325 g/mol. The molecule has 6 heteroatoms. The van der Waals surface area contributed by atoms with Gasteiger partial charge in [-0.05, 0) is 38.7 Å². The van der Waals surface area contributed by atoms with Crippen molar-refractivity contribution in [3.05, 3.63) is 36.0 Å². The second-order valence-corrected chi connectivity index (χ2v) is 6.78. The fraction of sp³-hybridized carbons (Fsp3) is 0.444. The van der Waals surface area contributed by atoms with E-state index in [4.69, 9.17) is 20.3 Å². The highest BCUT2D eigenvalue weighted by Gasteiger charge is 2.51. The zero-order valence-corrected chi connectivity index (χ0v) is 14.7. The predicted molar refractivity (Wildman–Crippen MR) is 97.9 cm³/mol. The molecule has 0 saturated carbocycles. The van der Waals surface area contributed by atoms with Crippen molar-refractivity contribution in [1.29, 1.82) is 5.26 Å². The third-order valence-electron chi connectivity index (χ3n) is 4.53. The number of aliphatic imine (C=N–C) groups is 1. The summed E-state index contributed by atoms with van der Waals surface area (Å²) in [5.41, 5.74) is 7.71. The van der Waals surface area contributed by atoms with Gasteiger partial charge in [0.25, 0.3) is 0 Å². The van der Waals surface area contributed by atoms with Crippen molar-refractivity contribution >= 4 is 24.4 Å². The molecule has 1 fully saturated rings. The van der Waals surface area contributed by atoms with E-state index in [1.165, 1.54) is 6.20 Å². The molecule has 0 radical (unpaired) electrons. The van der Waals surface area contributed by atoms with Crippen molar-refractivity contribution in [3.8, 4) is 6.07 Å². The lowest BCUT2D eigenvalue weighted by Gasteiger charge is -2.32. The molecule has 1 saturated heterocycles. The Balaban J connectivity index is 2.11. The van der Waals surface area contributed by atoms with Crippen molar-refractivity contribution in [3.63, 3.8) is 0 Å². The standard InChI is InChI=1S/C18H24BN3O2/c1-17(2)18(3,4)24-19(23-17)16-8-6-14(7-9-16)15(12-21)13-22-11-5-10-20/h6-9,12-13H,5,11,21H2,1-4H3. The lowest BCUT2D eigenvalue weighted by molar-refractivity contribution is 0.00578. The molecular formula is C18H24BN3O2. The Labute approximate surface area is 144 Å². The van der Waals surface area contributed by atoms with Crippen LogP contribution in [-0.2, 0) is 9.31 Å². The molecule has 1 aliphatic heterocycles. The second kappa shape index (κ2) is 7.21. The van der Waals surface area contributed by atoms with E-state index in [0.29, 0.717) is 13.0 Å². The van der Waals surface area contributed by atoms with Crippen molar-refractivity contribution in [2.75, 3.05) is 6.54 Å². The molecule has 0 aliphatic carbocycles. The molecule has 0 bridgehead atoms. The zero-order chi connectivity index (χ0) is 17.8. The van der Waals surface area contributed by atoms with Gasteiger partial charge in [-0.15, -0.1) is 0 Å². The van der Waals surface area contributed by atoms with E-state index >= 15 is 0 Å². The quantitative estimate of drug-likeness (QED) is 0.511. The van der Waals surface area contributed by atoms with Gasteiger partial charge in [-0.3, -0.25) is 4.99 Å². The van der Waals surface area contributed by atoms with Crippen LogP contribution in [0.3, 0.4) is 0 Å². The molecule has 0 atom stereocenters. The molecule has 2 rings (SSSR count). The van der Waals surface area contributed by atoms with E-state index in [1.807, 2.05) is 52.0 Å². The predicted octanol–water partition coefficient (Wildman–Crippen LogP) is 2.27. The van der Waals surface area contributed by atoms with Crippen LogP contribution < -0.4 is 11.2 Å². The van der Waals surface area contributed by atoms with E-state index in [1.54, 1.807) is 6.21 Å². The van der Waals surface area contributed by atoms with Gasteiger partial charge in [0.1, 0.15) is 0 Å². The van der Waals surface area contributed by atoms with E-state index < -0.39 is 0 Å². The molecule has 0 amide bonds. The van der Waals surface area contributed by atoms with Crippen LogP contribution in [0.25, 0.3) is 5.57 Å². The summed E-state index contributed by atoms with van der Waals surface area (Å²) in [5.74, 6) is 0. The molecule has 1 aromatic rings. The van der Waals surface area contributed by atoms with Crippen LogP contribution in [0.4, 0.5) is 0 Å². The highest BCUT2D eigenvalue weighted by Crippen LogP contribution is 2.36. The van der Waals surface area contributed by atoms with Crippen LogP contribution in [0.15, 0.2) is 35.5 Å².